The summed E-state index contributed by atoms with van der Waals surface area (Å²) < 4.78 is 0. The molecule has 2 atom stereocenters. The Labute approximate surface area is 233 Å². The minimum absolute atomic E-state index is 0.181. The molecule has 204 valence electrons. The first-order valence-electron chi connectivity index (χ1n) is 14.3. The Balaban J connectivity index is 1.51. The highest BCUT2D eigenvalue weighted by molar-refractivity contribution is 5.76. The molecule has 0 spiro atoms. The molecule has 39 heavy (non-hydrogen) atoms. The van der Waals surface area contributed by atoms with Crippen molar-refractivity contribution in [2.75, 3.05) is 0 Å². The highest BCUT2D eigenvalue weighted by atomic mass is 16.3. The average Bonchev–Trinajstić information content (AvgIpc) is 2.91. The number of aryl methyl sites for hydroxylation is 2. The lowest BCUT2D eigenvalue weighted by atomic mass is 9.88. The van der Waals surface area contributed by atoms with Crippen molar-refractivity contribution < 1.29 is 15.3 Å². The zero-order valence-electron chi connectivity index (χ0n) is 23.7. The molecule has 2 unspecified atom stereocenters. The Kier molecular flexibility index (Phi) is 9.35. The van der Waals surface area contributed by atoms with E-state index >= 15 is 0 Å². The van der Waals surface area contributed by atoms with Gasteiger partial charge >= 0.3 is 0 Å². The lowest BCUT2D eigenvalue weighted by Crippen LogP contribution is -2.03. The summed E-state index contributed by atoms with van der Waals surface area (Å²) in [6.07, 6.45) is 5.74. The molecule has 0 heterocycles. The minimum atomic E-state index is 0.181. The van der Waals surface area contributed by atoms with Crippen LogP contribution in [0.1, 0.15) is 85.8 Å². The molecule has 4 aromatic rings. The van der Waals surface area contributed by atoms with Gasteiger partial charge in [-0.1, -0.05) is 83.0 Å². The predicted molar refractivity (Wildman–Crippen MR) is 162 cm³/mol. The van der Waals surface area contributed by atoms with Gasteiger partial charge in [0.25, 0.3) is 0 Å². The Morgan fingerprint density at radius 2 is 1.08 bits per heavy atom. The largest absolute Gasteiger partial charge is 0.508 e. The Bertz CT molecular complexity index is 1400. The first-order valence-corrected chi connectivity index (χ1v) is 14.3. The Morgan fingerprint density at radius 1 is 0.538 bits per heavy atom. The standard InChI is InChI=1S/C36H42O3/c1-5-8-26-12-14-35(38)33(21-26)34-22-29(13-15-36(34)39)16-24(3)30-11-7-10-28(18-30)17-25(4)31-19-27(9-6-2)20-32(37)23-31/h7,10-15,18-25,37-39H,5-6,8-9,16-17H2,1-4H3. The predicted octanol–water partition coefficient (Wildman–Crippen LogP) is 9.07. The van der Waals surface area contributed by atoms with Gasteiger partial charge in [0.1, 0.15) is 17.2 Å². The van der Waals surface area contributed by atoms with E-state index in [4.69, 9.17) is 0 Å². The number of phenols is 3. The second kappa shape index (κ2) is 12.9. The van der Waals surface area contributed by atoms with Crippen molar-refractivity contribution in [2.24, 2.45) is 0 Å². The van der Waals surface area contributed by atoms with Crippen LogP contribution in [0.3, 0.4) is 0 Å². The van der Waals surface area contributed by atoms with Crippen LogP contribution in [0, 0.1) is 0 Å². The summed E-state index contributed by atoms with van der Waals surface area (Å²) in [7, 11) is 0. The molecular weight excluding hydrogens is 480 g/mol. The summed E-state index contributed by atoms with van der Waals surface area (Å²) in [5.41, 5.74) is 8.57. The Morgan fingerprint density at radius 3 is 1.74 bits per heavy atom. The molecule has 3 nitrogen and oxygen atoms in total. The quantitative estimate of drug-likeness (QED) is 0.184. The van der Waals surface area contributed by atoms with Crippen LogP contribution in [0.25, 0.3) is 11.1 Å². The molecule has 0 saturated carbocycles. The molecule has 0 bridgehead atoms. The van der Waals surface area contributed by atoms with Crippen molar-refractivity contribution in [3.05, 3.63) is 112 Å². The van der Waals surface area contributed by atoms with Gasteiger partial charge < -0.3 is 15.3 Å². The molecule has 0 fully saturated rings. The van der Waals surface area contributed by atoms with Crippen molar-refractivity contribution in [2.45, 2.75) is 78.1 Å². The van der Waals surface area contributed by atoms with Crippen molar-refractivity contribution in [3.63, 3.8) is 0 Å². The van der Waals surface area contributed by atoms with Gasteiger partial charge in [-0.25, -0.2) is 0 Å². The maximum Gasteiger partial charge on any atom is 0.123 e. The summed E-state index contributed by atoms with van der Waals surface area (Å²) >= 11 is 0. The highest BCUT2D eigenvalue weighted by Gasteiger charge is 2.15. The van der Waals surface area contributed by atoms with Gasteiger partial charge in [0.05, 0.1) is 0 Å². The third-order valence-corrected chi connectivity index (χ3v) is 7.66. The number of hydrogen-bond acceptors (Lipinski definition) is 3. The van der Waals surface area contributed by atoms with Crippen molar-refractivity contribution in [1.29, 1.82) is 0 Å². The number of phenolic OH excluding ortho intramolecular Hbond substituents is 3. The second-order valence-corrected chi connectivity index (χ2v) is 11.1. The number of aromatic hydroxyl groups is 3. The molecule has 0 aliphatic carbocycles. The number of hydrogen-bond donors (Lipinski definition) is 3. The molecule has 3 N–H and O–H groups in total. The van der Waals surface area contributed by atoms with Gasteiger partial charge in [-0.3, -0.25) is 0 Å². The maximum atomic E-state index is 10.6. The van der Waals surface area contributed by atoms with Crippen LogP contribution in [0.5, 0.6) is 17.2 Å². The third-order valence-electron chi connectivity index (χ3n) is 7.66. The lowest BCUT2D eigenvalue weighted by molar-refractivity contribution is 0.469. The van der Waals surface area contributed by atoms with Crippen LogP contribution in [-0.4, -0.2) is 15.3 Å². The summed E-state index contributed by atoms with van der Waals surface area (Å²) in [4.78, 5) is 0. The normalized spacial score (nSPS) is 12.8. The van der Waals surface area contributed by atoms with Crippen LogP contribution in [0.4, 0.5) is 0 Å². The molecule has 0 aromatic heterocycles. The van der Waals surface area contributed by atoms with E-state index in [2.05, 4.69) is 58.0 Å². The van der Waals surface area contributed by atoms with E-state index in [1.54, 1.807) is 12.1 Å². The maximum absolute atomic E-state index is 10.6. The van der Waals surface area contributed by atoms with E-state index in [0.717, 1.165) is 49.7 Å². The molecular formula is C36H42O3. The second-order valence-electron chi connectivity index (χ2n) is 11.1. The van der Waals surface area contributed by atoms with Gasteiger partial charge in [0.2, 0.25) is 0 Å². The van der Waals surface area contributed by atoms with Crippen molar-refractivity contribution in [1.82, 2.24) is 0 Å². The molecule has 0 aliphatic rings. The average molecular weight is 523 g/mol. The van der Waals surface area contributed by atoms with E-state index in [1.165, 1.54) is 22.3 Å². The number of rotatable bonds is 11. The summed E-state index contributed by atoms with van der Waals surface area (Å²) in [6, 6.07) is 26.2. The molecule has 4 rings (SSSR count). The number of benzene rings is 4. The molecule has 0 radical (unpaired) electrons. The van der Waals surface area contributed by atoms with Gasteiger partial charge in [0.15, 0.2) is 0 Å². The lowest BCUT2D eigenvalue weighted by Gasteiger charge is -2.17. The first-order chi connectivity index (χ1) is 18.8. The van der Waals surface area contributed by atoms with E-state index in [0.29, 0.717) is 22.8 Å². The van der Waals surface area contributed by atoms with Crippen LogP contribution in [-0.2, 0) is 25.7 Å². The van der Waals surface area contributed by atoms with Gasteiger partial charge in [-0.2, -0.15) is 0 Å². The molecule has 0 saturated heterocycles. The molecule has 3 heteroatoms. The Hall–Kier alpha value is -3.72. The summed E-state index contributed by atoms with van der Waals surface area (Å²) in [5.74, 6) is 1.30. The topological polar surface area (TPSA) is 60.7 Å². The van der Waals surface area contributed by atoms with Crippen molar-refractivity contribution >= 4 is 0 Å². The van der Waals surface area contributed by atoms with E-state index < -0.39 is 0 Å². The SMILES string of the molecule is CCCc1cc(O)cc(C(C)Cc2cccc(C(C)Cc3ccc(O)c(-c4cc(CCC)ccc4O)c3)c2)c1. The zero-order valence-corrected chi connectivity index (χ0v) is 23.7. The van der Waals surface area contributed by atoms with E-state index in [1.807, 2.05) is 36.4 Å². The third kappa shape index (κ3) is 7.23. The highest BCUT2D eigenvalue weighted by Crippen LogP contribution is 2.38. The fraction of sp³-hybridized carbons (Fsp3) is 0.333. The first kappa shape index (κ1) is 28.3. The van der Waals surface area contributed by atoms with Crippen LogP contribution < -0.4 is 0 Å². The molecule has 0 aliphatic heterocycles. The van der Waals surface area contributed by atoms with Crippen LogP contribution in [0.15, 0.2) is 78.9 Å². The van der Waals surface area contributed by atoms with E-state index in [-0.39, 0.29) is 17.4 Å². The zero-order chi connectivity index (χ0) is 27.9. The minimum Gasteiger partial charge on any atom is -0.508 e. The van der Waals surface area contributed by atoms with Gasteiger partial charge in [-0.15, -0.1) is 0 Å². The smallest absolute Gasteiger partial charge is 0.123 e. The van der Waals surface area contributed by atoms with E-state index in [9.17, 15) is 15.3 Å². The van der Waals surface area contributed by atoms with Crippen LogP contribution >= 0.6 is 0 Å². The van der Waals surface area contributed by atoms with Gasteiger partial charge in [0, 0.05) is 11.1 Å². The summed E-state index contributed by atoms with van der Waals surface area (Å²) in [5, 5.41) is 31.4. The molecule has 0 amide bonds. The fourth-order valence-corrected chi connectivity index (χ4v) is 5.56. The molecule has 4 aromatic carbocycles. The van der Waals surface area contributed by atoms with Crippen molar-refractivity contribution in [3.8, 4) is 28.4 Å². The van der Waals surface area contributed by atoms with Gasteiger partial charge in [-0.05, 0) is 107 Å². The van der Waals surface area contributed by atoms with Crippen LogP contribution in [0.2, 0.25) is 0 Å². The fourth-order valence-electron chi connectivity index (χ4n) is 5.56. The monoisotopic (exact) mass is 522 g/mol. The summed E-state index contributed by atoms with van der Waals surface area (Å²) in [6.45, 7) is 8.76.